The summed E-state index contributed by atoms with van der Waals surface area (Å²) >= 11 is -0.826. The van der Waals surface area contributed by atoms with Gasteiger partial charge < -0.3 is 0 Å². The van der Waals surface area contributed by atoms with Crippen LogP contribution in [0.15, 0.2) is 97.1 Å². The molecule has 1 atom stereocenters. The molecule has 2 radical (unpaired) electrons. The fraction of sp³-hybridized carbons (Fsp3) is 0.206. The summed E-state index contributed by atoms with van der Waals surface area (Å²) in [6.07, 6.45) is 1.19. The summed E-state index contributed by atoms with van der Waals surface area (Å²) in [6.45, 7) is 9.15. The molecule has 0 saturated heterocycles. The van der Waals surface area contributed by atoms with Gasteiger partial charge >= 0.3 is 37.9 Å². The minimum absolute atomic E-state index is 0.529. The van der Waals surface area contributed by atoms with Gasteiger partial charge in [0, 0.05) is 0 Å². The Kier molecular flexibility index (Phi) is 10.7. The predicted molar refractivity (Wildman–Crippen MR) is 165 cm³/mol. The molecule has 0 N–H and O–H groups in total. The normalized spacial score (nSPS) is 12.0. The Morgan fingerprint density at radius 2 is 1.55 bits per heavy atom. The summed E-state index contributed by atoms with van der Waals surface area (Å²) in [6, 6.07) is 38.4. The summed E-state index contributed by atoms with van der Waals surface area (Å²) in [5.41, 5.74) is 8.43. The third-order valence-electron chi connectivity index (χ3n) is 7.14. The van der Waals surface area contributed by atoms with Crippen molar-refractivity contribution in [3.63, 3.8) is 0 Å². The summed E-state index contributed by atoms with van der Waals surface area (Å²) in [4.78, 5) is 0. The SMILES string of the molecule is CCC(C)c1cc2c(-c3ccccc3)c(C(C)C)ccc2[cH-]1.[Cl][Zr+2][Cl].[c-]1cccc2c1[Si]c1ccccc1-2. The van der Waals surface area contributed by atoms with E-state index in [2.05, 4.69) is 125 Å². The molecule has 38 heavy (non-hydrogen) atoms. The van der Waals surface area contributed by atoms with Crippen molar-refractivity contribution in [2.24, 2.45) is 0 Å². The Morgan fingerprint density at radius 1 is 0.868 bits per heavy atom. The first-order valence-electron chi connectivity index (χ1n) is 13.1. The number of rotatable bonds is 4. The van der Waals surface area contributed by atoms with Crippen molar-refractivity contribution in [1.29, 1.82) is 0 Å². The van der Waals surface area contributed by atoms with Gasteiger partial charge in [-0.2, -0.15) is 35.5 Å². The van der Waals surface area contributed by atoms with Crippen molar-refractivity contribution in [3.8, 4) is 22.3 Å². The van der Waals surface area contributed by atoms with E-state index in [1.54, 1.807) is 0 Å². The van der Waals surface area contributed by atoms with E-state index >= 15 is 0 Å². The largest absolute Gasteiger partial charge is 0.184 e. The first-order chi connectivity index (χ1) is 18.5. The van der Waals surface area contributed by atoms with Gasteiger partial charge in [0.25, 0.3) is 0 Å². The smallest absolute Gasteiger partial charge is 0.0920 e. The van der Waals surface area contributed by atoms with E-state index in [-0.39, 0.29) is 0 Å². The van der Waals surface area contributed by atoms with Crippen LogP contribution >= 0.6 is 17.0 Å². The molecule has 0 bridgehead atoms. The van der Waals surface area contributed by atoms with E-state index in [9.17, 15) is 0 Å². The van der Waals surface area contributed by atoms with Crippen LogP contribution in [0.1, 0.15) is 57.1 Å². The second-order valence-electron chi connectivity index (χ2n) is 9.85. The summed E-state index contributed by atoms with van der Waals surface area (Å²) in [7, 11) is 10.7. The molecular formula is C34H32Cl2SiZr. The van der Waals surface area contributed by atoms with Crippen LogP contribution in [-0.4, -0.2) is 9.52 Å². The number of benzene rings is 4. The van der Waals surface area contributed by atoms with Gasteiger partial charge in [-0.1, -0.05) is 111 Å². The molecule has 5 aromatic rings. The van der Waals surface area contributed by atoms with Crippen LogP contribution < -0.4 is 10.4 Å². The minimum Gasteiger partial charge on any atom is -0.184 e. The molecule has 0 aromatic heterocycles. The van der Waals surface area contributed by atoms with Crippen LogP contribution in [0.3, 0.4) is 0 Å². The van der Waals surface area contributed by atoms with E-state index in [1.807, 2.05) is 6.07 Å². The first kappa shape index (κ1) is 29.2. The van der Waals surface area contributed by atoms with Crippen LogP contribution in [0.5, 0.6) is 0 Å². The number of fused-ring (bicyclic) bond motifs is 4. The van der Waals surface area contributed by atoms with Crippen molar-refractivity contribution in [1.82, 2.24) is 0 Å². The van der Waals surface area contributed by atoms with Crippen LogP contribution in [-0.2, 0) is 20.8 Å². The Bertz CT molecular complexity index is 1430. The Balaban J connectivity index is 0.000000177. The third-order valence-corrected chi connectivity index (χ3v) is 8.51. The molecule has 1 aliphatic rings. The average Bonchev–Trinajstić information content (AvgIpc) is 3.55. The van der Waals surface area contributed by atoms with Gasteiger partial charge in [0.1, 0.15) is 0 Å². The molecule has 0 nitrogen and oxygen atoms in total. The number of halogens is 2. The van der Waals surface area contributed by atoms with Gasteiger partial charge in [-0.25, -0.2) is 0 Å². The van der Waals surface area contributed by atoms with Gasteiger partial charge in [0.2, 0.25) is 0 Å². The molecule has 6 rings (SSSR count). The van der Waals surface area contributed by atoms with Gasteiger partial charge in [-0.05, 0) is 17.4 Å². The maximum Gasteiger partial charge on any atom is 0.0920 e. The molecule has 1 aliphatic heterocycles. The maximum absolute atomic E-state index is 4.93. The predicted octanol–water partition coefficient (Wildman–Crippen LogP) is 9.36. The minimum atomic E-state index is -0.826. The zero-order valence-corrected chi connectivity index (χ0v) is 27.3. The molecule has 0 fully saturated rings. The zero-order chi connectivity index (χ0) is 27.1. The topological polar surface area (TPSA) is 0 Å². The van der Waals surface area contributed by atoms with Crippen molar-refractivity contribution in [2.75, 3.05) is 0 Å². The van der Waals surface area contributed by atoms with Crippen molar-refractivity contribution < 1.29 is 20.8 Å². The summed E-state index contributed by atoms with van der Waals surface area (Å²) < 4.78 is 0. The molecule has 190 valence electrons. The average molecular weight is 631 g/mol. The van der Waals surface area contributed by atoms with Gasteiger partial charge in [0.15, 0.2) is 0 Å². The van der Waals surface area contributed by atoms with Crippen LogP contribution in [0.4, 0.5) is 0 Å². The molecule has 1 heterocycles. The second kappa shape index (κ2) is 14.0. The molecule has 1 unspecified atom stereocenters. The second-order valence-corrected chi connectivity index (χ2v) is 14.9. The van der Waals surface area contributed by atoms with Crippen LogP contribution in [0, 0.1) is 6.07 Å². The molecule has 4 heteroatoms. The molecule has 0 spiro atoms. The van der Waals surface area contributed by atoms with Crippen LogP contribution in [0.2, 0.25) is 0 Å². The van der Waals surface area contributed by atoms with Crippen LogP contribution in [0.25, 0.3) is 33.0 Å². The van der Waals surface area contributed by atoms with Gasteiger partial charge in [-0.15, -0.1) is 40.1 Å². The molecule has 5 aromatic carbocycles. The summed E-state index contributed by atoms with van der Waals surface area (Å²) in [5.74, 6) is 1.15. The van der Waals surface area contributed by atoms with E-state index in [1.165, 1.54) is 60.9 Å². The standard InChI is InChI=1S/C22H25.C12H7Si.2ClH.Zr/c1-5-16(4)19-13-18-11-12-20(15(2)3)22(21(18)14-19)17-9-7-6-8-10-17;1-3-7-11-9(5-1)10-6-2-4-8-12(10)13-11;;;/h6-16H,5H2,1-4H3;1-7H;2*1H;/q2*-1;;;+4/p-2. The van der Waals surface area contributed by atoms with Crippen molar-refractivity contribution in [2.45, 2.75) is 46.0 Å². The quantitative estimate of drug-likeness (QED) is 0.135. The van der Waals surface area contributed by atoms with E-state index < -0.39 is 20.8 Å². The van der Waals surface area contributed by atoms with Crippen molar-refractivity contribution >= 4 is 47.7 Å². The maximum atomic E-state index is 4.93. The zero-order valence-electron chi connectivity index (χ0n) is 22.4. The Morgan fingerprint density at radius 3 is 2.26 bits per heavy atom. The molecule has 0 amide bonds. The Hall–Kier alpha value is -1.83. The van der Waals surface area contributed by atoms with Gasteiger partial charge in [-0.3, -0.25) is 0 Å². The molecular weight excluding hydrogens is 599 g/mol. The fourth-order valence-electron chi connectivity index (χ4n) is 4.98. The van der Waals surface area contributed by atoms with Gasteiger partial charge in [0.05, 0.1) is 9.52 Å². The Labute approximate surface area is 249 Å². The molecule has 0 saturated carbocycles. The number of hydrogen-bond acceptors (Lipinski definition) is 0. The van der Waals surface area contributed by atoms with E-state index in [0.29, 0.717) is 11.8 Å². The molecule has 0 aliphatic carbocycles. The monoisotopic (exact) mass is 628 g/mol. The summed E-state index contributed by atoms with van der Waals surface area (Å²) in [5, 5.41) is 5.61. The van der Waals surface area contributed by atoms with Crippen molar-refractivity contribution in [3.05, 3.63) is 114 Å². The third kappa shape index (κ3) is 6.65. The van der Waals surface area contributed by atoms with E-state index in [0.717, 1.165) is 9.52 Å². The van der Waals surface area contributed by atoms with E-state index in [4.69, 9.17) is 17.0 Å². The fourth-order valence-corrected chi connectivity index (χ4v) is 6.29. The first-order valence-corrected chi connectivity index (χ1v) is 20.4. The number of hydrogen-bond donors (Lipinski definition) is 0.